The third-order valence-corrected chi connectivity index (χ3v) is 3.36. The van der Waals surface area contributed by atoms with Crippen LogP contribution >= 0.6 is 0 Å². The fraction of sp³-hybridized carbons (Fsp3) is 0.286. The van der Waals surface area contributed by atoms with E-state index >= 15 is 0 Å². The van der Waals surface area contributed by atoms with Crippen LogP contribution in [-0.4, -0.2) is 34.3 Å². The topological polar surface area (TPSA) is 71.3 Å². The number of rotatable bonds is 4. The molecule has 2 rings (SSSR count). The number of aryl methyl sites for hydroxylation is 1. The molecule has 0 aliphatic rings. The van der Waals surface area contributed by atoms with Crippen molar-refractivity contribution in [3.05, 3.63) is 35.5 Å². The van der Waals surface area contributed by atoms with Gasteiger partial charge in [0.15, 0.2) is 6.04 Å². The Labute approximate surface area is 127 Å². The van der Waals surface area contributed by atoms with E-state index in [0.29, 0.717) is 5.52 Å². The molecule has 1 unspecified atom stereocenters. The Balaban J connectivity index is 2.40. The van der Waals surface area contributed by atoms with E-state index < -0.39 is 36.3 Å². The standard InChI is InChI=1S/C14H12F4N2O3/c1-20-10-3-2-8(14(16,17)18)4-7(10)5-11(20)12(21)19-9(6-15)13(22)23/h2-5,9H,6H2,1H3,(H,19,21)(H,22,23). The Bertz CT molecular complexity index is 767. The maximum absolute atomic E-state index is 12.7. The van der Waals surface area contributed by atoms with Gasteiger partial charge in [0.2, 0.25) is 0 Å². The lowest BCUT2D eigenvalue weighted by Gasteiger charge is -2.11. The van der Waals surface area contributed by atoms with Crippen LogP contribution < -0.4 is 5.32 Å². The molecule has 1 aromatic carbocycles. The first-order chi connectivity index (χ1) is 10.6. The number of carboxylic acids is 1. The number of carbonyl (C=O) groups excluding carboxylic acids is 1. The van der Waals surface area contributed by atoms with Crippen LogP contribution in [0.4, 0.5) is 17.6 Å². The molecule has 2 aromatic rings. The summed E-state index contributed by atoms with van der Waals surface area (Å²) in [6, 6.07) is 2.45. The lowest BCUT2D eigenvalue weighted by molar-refractivity contribution is -0.139. The van der Waals surface area contributed by atoms with Crippen LogP contribution in [0.1, 0.15) is 16.1 Å². The normalized spacial score (nSPS) is 13.1. The number of nitrogens with zero attached hydrogens (tertiary/aromatic N) is 1. The number of alkyl halides is 4. The minimum Gasteiger partial charge on any atom is -0.480 e. The van der Waals surface area contributed by atoms with Gasteiger partial charge in [-0.15, -0.1) is 0 Å². The summed E-state index contributed by atoms with van der Waals surface area (Å²) in [5, 5.41) is 10.9. The van der Waals surface area contributed by atoms with Crippen LogP contribution in [0.2, 0.25) is 0 Å². The summed E-state index contributed by atoms with van der Waals surface area (Å²) in [6.07, 6.45) is -4.52. The lowest BCUT2D eigenvalue weighted by Crippen LogP contribution is -2.42. The molecule has 0 fully saturated rings. The zero-order valence-electron chi connectivity index (χ0n) is 11.8. The highest BCUT2D eigenvalue weighted by Crippen LogP contribution is 2.32. The maximum Gasteiger partial charge on any atom is 0.416 e. The van der Waals surface area contributed by atoms with Gasteiger partial charge in [0.1, 0.15) is 12.4 Å². The van der Waals surface area contributed by atoms with Gasteiger partial charge in [0.25, 0.3) is 5.91 Å². The van der Waals surface area contributed by atoms with Crippen molar-refractivity contribution in [2.75, 3.05) is 6.67 Å². The van der Waals surface area contributed by atoms with Crippen LogP contribution in [-0.2, 0) is 18.0 Å². The SMILES string of the molecule is Cn1c(C(=O)NC(CF)C(=O)O)cc2cc(C(F)(F)F)ccc21. The Hall–Kier alpha value is -2.58. The Morgan fingerprint density at radius 1 is 1.30 bits per heavy atom. The molecule has 0 spiro atoms. The third-order valence-electron chi connectivity index (χ3n) is 3.36. The molecule has 0 radical (unpaired) electrons. The fourth-order valence-corrected chi connectivity index (χ4v) is 2.14. The number of carbonyl (C=O) groups is 2. The predicted molar refractivity (Wildman–Crippen MR) is 72.8 cm³/mol. The van der Waals surface area contributed by atoms with E-state index in [1.807, 2.05) is 5.32 Å². The van der Waals surface area contributed by atoms with Gasteiger partial charge in [0, 0.05) is 18.0 Å². The molecular weight excluding hydrogens is 320 g/mol. The van der Waals surface area contributed by atoms with Crippen molar-refractivity contribution in [1.82, 2.24) is 9.88 Å². The van der Waals surface area contributed by atoms with Crippen LogP contribution in [0, 0.1) is 0 Å². The number of hydrogen-bond donors (Lipinski definition) is 2. The number of carboxylic acid groups (broad SMARTS) is 1. The number of benzene rings is 1. The first kappa shape index (κ1) is 16.8. The molecule has 0 bridgehead atoms. The summed E-state index contributed by atoms with van der Waals surface area (Å²) in [6.45, 7) is -1.30. The second-order valence-electron chi connectivity index (χ2n) is 4.88. The average Bonchev–Trinajstić information content (AvgIpc) is 2.80. The Morgan fingerprint density at radius 3 is 2.48 bits per heavy atom. The van der Waals surface area contributed by atoms with Crippen molar-refractivity contribution in [3.8, 4) is 0 Å². The van der Waals surface area contributed by atoms with Gasteiger partial charge in [-0.2, -0.15) is 13.2 Å². The monoisotopic (exact) mass is 332 g/mol. The molecule has 1 atom stereocenters. The van der Waals surface area contributed by atoms with E-state index in [1.54, 1.807) is 0 Å². The zero-order valence-corrected chi connectivity index (χ0v) is 11.8. The summed E-state index contributed by atoms with van der Waals surface area (Å²) in [7, 11) is 1.44. The molecule has 1 aromatic heterocycles. The summed E-state index contributed by atoms with van der Waals surface area (Å²) >= 11 is 0. The molecule has 0 aliphatic heterocycles. The highest BCUT2D eigenvalue weighted by Gasteiger charge is 2.31. The summed E-state index contributed by atoms with van der Waals surface area (Å²) in [4.78, 5) is 22.7. The average molecular weight is 332 g/mol. The molecule has 9 heteroatoms. The van der Waals surface area contributed by atoms with Crippen molar-refractivity contribution in [2.24, 2.45) is 7.05 Å². The molecule has 23 heavy (non-hydrogen) atoms. The molecular formula is C14H12F4N2O3. The maximum atomic E-state index is 12.7. The molecule has 124 valence electrons. The third kappa shape index (κ3) is 3.27. The molecule has 1 heterocycles. The van der Waals surface area contributed by atoms with E-state index in [0.717, 1.165) is 12.1 Å². The van der Waals surface area contributed by atoms with Gasteiger partial charge >= 0.3 is 12.1 Å². The van der Waals surface area contributed by atoms with Crippen LogP contribution in [0.15, 0.2) is 24.3 Å². The first-order valence-corrected chi connectivity index (χ1v) is 6.41. The van der Waals surface area contributed by atoms with Crippen molar-refractivity contribution < 1.29 is 32.3 Å². The van der Waals surface area contributed by atoms with E-state index in [9.17, 15) is 27.2 Å². The largest absolute Gasteiger partial charge is 0.480 e. The number of aliphatic carboxylic acids is 1. The molecule has 0 aliphatic carbocycles. The zero-order chi connectivity index (χ0) is 17.4. The second-order valence-corrected chi connectivity index (χ2v) is 4.88. The van der Waals surface area contributed by atoms with Crippen molar-refractivity contribution >= 4 is 22.8 Å². The first-order valence-electron chi connectivity index (χ1n) is 6.41. The van der Waals surface area contributed by atoms with Gasteiger partial charge in [-0.25, -0.2) is 9.18 Å². The van der Waals surface area contributed by atoms with Crippen molar-refractivity contribution in [2.45, 2.75) is 12.2 Å². The molecule has 0 saturated carbocycles. The summed E-state index contributed by atoms with van der Waals surface area (Å²) in [5.74, 6) is -2.43. The minimum absolute atomic E-state index is 0.0703. The number of fused-ring (bicyclic) bond motifs is 1. The second kappa shape index (κ2) is 5.90. The number of hydrogen-bond acceptors (Lipinski definition) is 2. The Morgan fingerprint density at radius 2 is 1.96 bits per heavy atom. The van der Waals surface area contributed by atoms with Crippen LogP contribution in [0.3, 0.4) is 0 Å². The van der Waals surface area contributed by atoms with Gasteiger partial charge in [-0.1, -0.05) is 0 Å². The van der Waals surface area contributed by atoms with Gasteiger partial charge < -0.3 is 15.0 Å². The van der Waals surface area contributed by atoms with Crippen molar-refractivity contribution in [1.29, 1.82) is 0 Å². The quantitative estimate of drug-likeness (QED) is 0.845. The molecule has 0 saturated heterocycles. The Kier molecular flexibility index (Phi) is 4.31. The van der Waals surface area contributed by atoms with Crippen LogP contribution in [0.5, 0.6) is 0 Å². The van der Waals surface area contributed by atoms with E-state index in [4.69, 9.17) is 5.11 Å². The lowest BCUT2D eigenvalue weighted by atomic mass is 10.1. The minimum atomic E-state index is -4.52. The molecule has 1 amide bonds. The van der Waals surface area contributed by atoms with E-state index in [2.05, 4.69) is 0 Å². The number of halogens is 4. The predicted octanol–water partition coefficient (Wildman–Crippen LogP) is 2.35. The number of nitrogens with one attached hydrogen (secondary N) is 1. The van der Waals surface area contributed by atoms with Gasteiger partial charge in [0.05, 0.1) is 5.56 Å². The molecule has 5 nitrogen and oxygen atoms in total. The summed E-state index contributed by atoms with van der Waals surface area (Å²) < 4.78 is 51.9. The smallest absolute Gasteiger partial charge is 0.416 e. The number of amides is 1. The summed E-state index contributed by atoms with van der Waals surface area (Å²) in [5.41, 5.74) is -0.580. The fourth-order valence-electron chi connectivity index (χ4n) is 2.14. The highest BCUT2D eigenvalue weighted by atomic mass is 19.4. The highest BCUT2D eigenvalue weighted by molar-refractivity contribution is 6.00. The van der Waals surface area contributed by atoms with Gasteiger partial charge in [-0.05, 0) is 24.3 Å². The van der Waals surface area contributed by atoms with E-state index in [-0.39, 0.29) is 11.1 Å². The van der Waals surface area contributed by atoms with Crippen LogP contribution in [0.25, 0.3) is 10.9 Å². The van der Waals surface area contributed by atoms with Crippen molar-refractivity contribution in [3.63, 3.8) is 0 Å². The van der Waals surface area contributed by atoms with Gasteiger partial charge in [-0.3, -0.25) is 4.79 Å². The van der Waals surface area contributed by atoms with E-state index in [1.165, 1.54) is 23.7 Å². The number of aromatic nitrogens is 1. The molecule has 2 N–H and O–H groups in total.